The second-order valence-electron chi connectivity index (χ2n) is 8.90. The molecule has 1 N–H and O–H groups in total. The summed E-state index contributed by atoms with van der Waals surface area (Å²) in [5, 5.41) is 2.96. The van der Waals surface area contributed by atoms with Crippen LogP contribution in [0.4, 0.5) is 4.79 Å². The van der Waals surface area contributed by atoms with E-state index in [2.05, 4.69) is 5.32 Å². The van der Waals surface area contributed by atoms with Crippen LogP contribution in [-0.4, -0.2) is 45.9 Å². The summed E-state index contributed by atoms with van der Waals surface area (Å²) in [6, 6.07) is -0.189. The first-order valence-corrected chi connectivity index (χ1v) is 13.3. The Morgan fingerprint density at radius 3 is 2.18 bits per heavy atom. The average molecular weight is 418 g/mol. The number of hydrogen-bond donors (Lipinski definition) is 1. The average Bonchev–Trinajstić information content (AvgIpc) is 2.58. The van der Waals surface area contributed by atoms with Crippen molar-refractivity contribution in [2.24, 2.45) is 5.92 Å². The molecule has 6 nitrogen and oxygen atoms in total. The lowest BCUT2D eigenvalue weighted by molar-refractivity contribution is 0.0115. The molecule has 1 aliphatic rings. The molecule has 0 aliphatic heterocycles. The first-order chi connectivity index (χ1) is 13.1. The van der Waals surface area contributed by atoms with Crippen molar-refractivity contribution in [2.45, 2.75) is 111 Å². The number of carbonyl (C=O) groups is 1. The van der Waals surface area contributed by atoms with Gasteiger partial charge in [-0.05, 0) is 60.3 Å². The quantitative estimate of drug-likeness (QED) is 0.463. The molecule has 166 valence electrons. The third-order valence-corrected chi connectivity index (χ3v) is 7.42. The van der Waals surface area contributed by atoms with Crippen molar-refractivity contribution in [1.82, 2.24) is 5.32 Å². The summed E-state index contributed by atoms with van der Waals surface area (Å²) < 4.78 is 23.6. The summed E-state index contributed by atoms with van der Waals surface area (Å²) in [4.78, 5) is 12.3. The Morgan fingerprint density at radius 1 is 1.11 bits per heavy atom. The van der Waals surface area contributed by atoms with E-state index in [1.807, 2.05) is 48.1 Å². The van der Waals surface area contributed by atoms with Gasteiger partial charge in [-0.25, -0.2) is 4.79 Å². The lowest BCUT2D eigenvalue weighted by Crippen LogP contribution is -2.52. The fourth-order valence-electron chi connectivity index (χ4n) is 3.78. The molecule has 1 saturated carbocycles. The molecule has 0 heterocycles. The van der Waals surface area contributed by atoms with Gasteiger partial charge in [0.1, 0.15) is 5.60 Å². The van der Waals surface area contributed by atoms with E-state index in [0.717, 1.165) is 18.8 Å². The first-order valence-electron chi connectivity index (χ1n) is 11.0. The van der Waals surface area contributed by atoms with Gasteiger partial charge in [0.2, 0.25) is 0 Å². The minimum Gasteiger partial charge on any atom is -0.444 e. The summed E-state index contributed by atoms with van der Waals surface area (Å²) >= 11 is 0. The molecule has 0 bridgehead atoms. The fraction of sp³-hybridized carbons (Fsp3) is 0.952. The van der Waals surface area contributed by atoms with Crippen LogP contribution in [0.3, 0.4) is 0 Å². The highest BCUT2D eigenvalue weighted by atomic mass is 28.4. The number of alkyl carbamates (subject to hydrolysis) is 1. The van der Waals surface area contributed by atoms with Crippen LogP contribution in [-0.2, 0) is 18.0 Å². The molecule has 1 amide bonds. The minimum atomic E-state index is -2.75. The Kier molecular flexibility index (Phi) is 11.0. The number of carbonyl (C=O) groups excluding carboxylic acids is 1. The highest BCUT2D eigenvalue weighted by molar-refractivity contribution is 6.59. The Labute approximate surface area is 173 Å². The van der Waals surface area contributed by atoms with E-state index in [9.17, 15) is 4.79 Å². The summed E-state index contributed by atoms with van der Waals surface area (Å²) in [7, 11) is -2.75. The maximum atomic E-state index is 12.3. The van der Waals surface area contributed by atoms with Crippen LogP contribution in [0.2, 0.25) is 6.55 Å². The predicted molar refractivity (Wildman–Crippen MR) is 114 cm³/mol. The molecule has 1 aliphatic carbocycles. The molecule has 2 atom stereocenters. The smallest absolute Gasteiger partial charge is 0.444 e. The van der Waals surface area contributed by atoms with Gasteiger partial charge in [0, 0.05) is 19.8 Å². The second-order valence-corrected chi connectivity index (χ2v) is 11.4. The van der Waals surface area contributed by atoms with E-state index in [1.165, 1.54) is 32.1 Å². The molecule has 1 unspecified atom stereocenters. The van der Waals surface area contributed by atoms with Gasteiger partial charge in [-0.3, -0.25) is 0 Å². The highest BCUT2D eigenvalue weighted by Crippen LogP contribution is 2.29. The molecular formula is C21H43NO5Si. The molecule has 0 aromatic heterocycles. The molecule has 0 radical (unpaired) electrons. The maximum Gasteiger partial charge on any atom is 0.497 e. The number of ether oxygens (including phenoxy) is 1. The van der Waals surface area contributed by atoms with Crippen LogP contribution in [0.25, 0.3) is 0 Å². The van der Waals surface area contributed by atoms with Gasteiger partial charge in [0.15, 0.2) is 0 Å². The van der Waals surface area contributed by atoms with Crippen LogP contribution < -0.4 is 5.32 Å². The van der Waals surface area contributed by atoms with Crippen molar-refractivity contribution < 1.29 is 22.8 Å². The van der Waals surface area contributed by atoms with Crippen molar-refractivity contribution in [3.63, 3.8) is 0 Å². The summed E-state index contributed by atoms with van der Waals surface area (Å²) in [6.07, 6.45) is 8.01. The normalized spacial score (nSPS) is 18.5. The number of rotatable bonds is 11. The van der Waals surface area contributed by atoms with Gasteiger partial charge in [-0.2, -0.15) is 0 Å². The molecule has 1 rings (SSSR count). The van der Waals surface area contributed by atoms with Crippen molar-refractivity contribution >= 4 is 14.9 Å². The zero-order chi connectivity index (χ0) is 21.2. The molecule has 7 heteroatoms. The van der Waals surface area contributed by atoms with Gasteiger partial charge in [-0.1, -0.05) is 32.1 Å². The first kappa shape index (κ1) is 25.4. The Balaban J connectivity index is 2.77. The summed E-state index contributed by atoms with van der Waals surface area (Å²) in [5.41, 5.74) is -0.526. The van der Waals surface area contributed by atoms with Gasteiger partial charge in [0.25, 0.3) is 0 Å². The second kappa shape index (κ2) is 12.2. The van der Waals surface area contributed by atoms with Crippen LogP contribution in [0.15, 0.2) is 0 Å². The Hall–Kier alpha value is -0.633. The largest absolute Gasteiger partial charge is 0.497 e. The van der Waals surface area contributed by atoms with Gasteiger partial charge in [-0.15, -0.1) is 0 Å². The van der Waals surface area contributed by atoms with E-state index >= 15 is 0 Å². The molecule has 1 fully saturated rings. The summed E-state index contributed by atoms with van der Waals surface area (Å²) in [6.45, 7) is 14.5. The van der Waals surface area contributed by atoms with Crippen molar-refractivity contribution in [1.29, 1.82) is 0 Å². The number of nitrogens with one attached hydrogen (secondary N) is 1. The third kappa shape index (κ3) is 10.2. The Bertz CT molecular complexity index is 443. The van der Waals surface area contributed by atoms with Crippen LogP contribution in [0.5, 0.6) is 0 Å². The molecule has 0 spiro atoms. The van der Waals surface area contributed by atoms with Crippen LogP contribution in [0.1, 0.15) is 86.5 Å². The van der Waals surface area contributed by atoms with E-state index in [0.29, 0.717) is 13.2 Å². The standard InChI is InChI=1S/C21H43NO5Si/c1-8-24-28(7,25-9-2)27-19(16-15-18-13-11-10-12-14-18)17(3)22-20(23)26-21(4,5)6/h17-19H,8-16H2,1-7H3,(H,22,23)/t17-,19?/m0/s1. The summed E-state index contributed by atoms with van der Waals surface area (Å²) in [5.74, 6) is 0.751. The lowest BCUT2D eigenvalue weighted by atomic mass is 9.85. The number of hydrogen-bond acceptors (Lipinski definition) is 5. The van der Waals surface area contributed by atoms with Gasteiger partial charge >= 0.3 is 14.9 Å². The molecule has 0 aromatic rings. The topological polar surface area (TPSA) is 66.0 Å². The lowest BCUT2D eigenvalue weighted by Gasteiger charge is -2.34. The molecule has 0 saturated heterocycles. The van der Waals surface area contributed by atoms with Gasteiger partial charge < -0.3 is 23.3 Å². The van der Waals surface area contributed by atoms with Crippen molar-refractivity contribution in [3.05, 3.63) is 0 Å². The molecule has 0 aromatic carbocycles. The third-order valence-electron chi connectivity index (χ3n) is 5.06. The monoisotopic (exact) mass is 417 g/mol. The molecule has 28 heavy (non-hydrogen) atoms. The van der Waals surface area contributed by atoms with E-state index in [1.54, 1.807) is 0 Å². The molecular weight excluding hydrogens is 374 g/mol. The highest BCUT2D eigenvalue weighted by Gasteiger charge is 2.39. The minimum absolute atomic E-state index is 0.163. The van der Waals surface area contributed by atoms with E-state index in [-0.39, 0.29) is 12.1 Å². The Morgan fingerprint density at radius 2 is 1.68 bits per heavy atom. The maximum absolute atomic E-state index is 12.3. The van der Waals surface area contributed by atoms with Crippen LogP contribution >= 0.6 is 0 Å². The van der Waals surface area contributed by atoms with Crippen molar-refractivity contribution in [2.75, 3.05) is 13.2 Å². The van der Waals surface area contributed by atoms with Crippen LogP contribution in [0, 0.1) is 5.92 Å². The zero-order valence-corrected chi connectivity index (χ0v) is 20.1. The SMILES string of the molecule is CCO[Si](C)(OCC)OC(CCC1CCCCC1)[C@H](C)NC(=O)OC(C)(C)C. The predicted octanol–water partition coefficient (Wildman–Crippen LogP) is 5.29. The van der Waals surface area contributed by atoms with E-state index < -0.39 is 20.5 Å². The van der Waals surface area contributed by atoms with Crippen molar-refractivity contribution in [3.8, 4) is 0 Å². The zero-order valence-electron chi connectivity index (χ0n) is 19.1. The van der Waals surface area contributed by atoms with Gasteiger partial charge in [0.05, 0.1) is 12.1 Å². The number of amides is 1. The fourth-order valence-corrected chi connectivity index (χ4v) is 5.92. The van der Waals surface area contributed by atoms with E-state index in [4.69, 9.17) is 18.0 Å².